The number of hydrogen-bond donors (Lipinski definition) is 1. The molecule has 0 aliphatic heterocycles. The van der Waals surface area contributed by atoms with E-state index in [0.717, 1.165) is 24.7 Å². The number of rotatable bonds is 5. The lowest BCUT2D eigenvalue weighted by Gasteiger charge is -2.21. The quantitative estimate of drug-likeness (QED) is 0.682. The summed E-state index contributed by atoms with van der Waals surface area (Å²) >= 11 is 1.72. The van der Waals surface area contributed by atoms with Gasteiger partial charge >= 0.3 is 0 Å². The van der Waals surface area contributed by atoms with Gasteiger partial charge in [-0.25, -0.2) is 4.99 Å². The third-order valence-corrected chi connectivity index (χ3v) is 3.92. The van der Waals surface area contributed by atoms with Gasteiger partial charge < -0.3 is 10.2 Å². The molecule has 2 heterocycles. The average molecular weight is 302 g/mol. The minimum atomic E-state index is 0.600. The van der Waals surface area contributed by atoms with E-state index in [-0.39, 0.29) is 0 Å². The van der Waals surface area contributed by atoms with Crippen LogP contribution in [0.15, 0.2) is 40.1 Å². The van der Waals surface area contributed by atoms with Crippen LogP contribution >= 0.6 is 11.3 Å². The lowest BCUT2D eigenvalue weighted by Crippen LogP contribution is -2.38. The Balaban J connectivity index is 2.06. The number of aryl methyl sites for hydroxylation is 1. The summed E-state index contributed by atoms with van der Waals surface area (Å²) in [6.07, 6.45) is 1.82. The van der Waals surface area contributed by atoms with Crippen molar-refractivity contribution in [3.05, 3.63) is 52.0 Å². The van der Waals surface area contributed by atoms with Crippen molar-refractivity contribution in [3.63, 3.8) is 0 Å². The molecule has 0 fully saturated rings. The fourth-order valence-corrected chi connectivity index (χ4v) is 2.69. The number of hydrogen-bond acceptors (Lipinski definition) is 3. The molecule has 0 unspecified atom stereocenters. The van der Waals surface area contributed by atoms with Crippen molar-refractivity contribution >= 4 is 17.3 Å². The van der Waals surface area contributed by atoms with E-state index in [0.29, 0.717) is 6.54 Å². The van der Waals surface area contributed by atoms with Gasteiger partial charge in [0.25, 0.3) is 0 Å². The summed E-state index contributed by atoms with van der Waals surface area (Å²) in [5.74, 6) is 0.911. The van der Waals surface area contributed by atoms with Crippen LogP contribution in [0.5, 0.6) is 0 Å². The average Bonchev–Trinajstić information content (AvgIpc) is 2.97. The van der Waals surface area contributed by atoms with E-state index in [1.54, 1.807) is 11.3 Å². The van der Waals surface area contributed by atoms with Crippen LogP contribution in [0, 0.1) is 6.92 Å². The summed E-state index contributed by atoms with van der Waals surface area (Å²) in [5.41, 5.74) is 3.51. The summed E-state index contributed by atoms with van der Waals surface area (Å²) < 4.78 is 0. The second-order valence-electron chi connectivity index (χ2n) is 4.92. The maximum absolute atomic E-state index is 4.70. The first kappa shape index (κ1) is 15.5. The second kappa shape index (κ2) is 7.78. The van der Waals surface area contributed by atoms with E-state index in [9.17, 15) is 0 Å². The minimum absolute atomic E-state index is 0.600. The molecule has 0 aliphatic rings. The Morgan fingerprint density at radius 1 is 1.43 bits per heavy atom. The Morgan fingerprint density at radius 2 is 2.29 bits per heavy atom. The van der Waals surface area contributed by atoms with Gasteiger partial charge in [-0.05, 0) is 47.9 Å². The van der Waals surface area contributed by atoms with E-state index >= 15 is 0 Å². The lowest BCUT2D eigenvalue weighted by atomic mass is 10.2. The largest absolute Gasteiger partial charge is 0.357 e. The molecular formula is C16H22N4S. The summed E-state index contributed by atoms with van der Waals surface area (Å²) in [6, 6.07) is 6.17. The first-order valence-electron chi connectivity index (χ1n) is 7.11. The Hall–Kier alpha value is -1.88. The fourth-order valence-electron chi connectivity index (χ4n) is 2.03. The number of guanidine groups is 1. The van der Waals surface area contributed by atoms with Crippen molar-refractivity contribution in [2.24, 2.45) is 4.99 Å². The topological polar surface area (TPSA) is 40.5 Å². The van der Waals surface area contributed by atoms with Gasteiger partial charge in [0, 0.05) is 26.3 Å². The normalized spacial score (nSPS) is 11.5. The van der Waals surface area contributed by atoms with Crippen LogP contribution in [-0.4, -0.2) is 29.4 Å². The predicted molar refractivity (Wildman–Crippen MR) is 89.6 cm³/mol. The first-order chi connectivity index (χ1) is 10.2. The lowest BCUT2D eigenvalue weighted by molar-refractivity contribution is 0.477. The van der Waals surface area contributed by atoms with E-state index < -0.39 is 0 Å². The first-order valence-corrected chi connectivity index (χ1v) is 8.06. The van der Waals surface area contributed by atoms with Gasteiger partial charge in [0.05, 0.1) is 12.2 Å². The maximum atomic E-state index is 4.70. The van der Waals surface area contributed by atoms with Crippen molar-refractivity contribution < 1.29 is 0 Å². The van der Waals surface area contributed by atoms with Gasteiger partial charge in [-0.2, -0.15) is 11.3 Å². The number of nitrogens with one attached hydrogen (secondary N) is 1. The third kappa shape index (κ3) is 4.56. The molecule has 0 aliphatic carbocycles. The van der Waals surface area contributed by atoms with Crippen LogP contribution in [0.1, 0.15) is 23.7 Å². The van der Waals surface area contributed by atoms with E-state index in [2.05, 4.69) is 59.0 Å². The van der Waals surface area contributed by atoms with Crippen LogP contribution in [0.2, 0.25) is 0 Å². The molecule has 2 aromatic heterocycles. The molecule has 2 rings (SSSR count). The Bertz CT molecular complexity index is 578. The Kier molecular flexibility index (Phi) is 5.75. The van der Waals surface area contributed by atoms with Crippen LogP contribution in [0.25, 0.3) is 0 Å². The molecule has 0 aromatic carbocycles. The fraction of sp³-hybridized carbons (Fsp3) is 0.375. The molecule has 5 heteroatoms. The Morgan fingerprint density at radius 3 is 2.95 bits per heavy atom. The smallest absolute Gasteiger partial charge is 0.194 e. The SMILES string of the molecule is CCNC(=NCc1ncccc1C)N(C)Cc1ccsc1. The Labute approximate surface area is 130 Å². The molecule has 0 bridgehead atoms. The van der Waals surface area contributed by atoms with Crippen molar-refractivity contribution in [1.29, 1.82) is 0 Å². The van der Waals surface area contributed by atoms with Gasteiger partial charge in [-0.3, -0.25) is 4.98 Å². The molecule has 0 amide bonds. The molecule has 0 spiro atoms. The molecule has 21 heavy (non-hydrogen) atoms. The van der Waals surface area contributed by atoms with Gasteiger partial charge in [0.2, 0.25) is 0 Å². The van der Waals surface area contributed by atoms with E-state index in [1.807, 2.05) is 12.3 Å². The molecule has 0 saturated carbocycles. The minimum Gasteiger partial charge on any atom is -0.357 e. The zero-order chi connectivity index (χ0) is 15.1. The van der Waals surface area contributed by atoms with Crippen LogP contribution in [-0.2, 0) is 13.1 Å². The van der Waals surface area contributed by atoms with Crippen molar-refractivity contribution in [1.82, 2.24) is 15.2 Å². The summed E-state index contributed by atoms with van der Waals surface area (Å²) in [5, 5.41) is 7.61. The molecule has 4 nitrogen and oxygen atoms in total. The molecular weight excluding hydrogens is 280 g/mol. The van der Waals surface area contributed by atoms with E-state index in [4.69, 9.17) is 4.99 Å². The van der Waals surface area contributed by atoms with Crippen LogP contribution in [0.4, 0.5) is 0 Å². The molecule has 0 atom stereocenters. The number of aromatic nitrogens is 1. The maximum Gasteiger partial charge on any atom is 0.194 e. The zero-order valence-electron chi connectivity index (χ0n) is 12.8. The molecule has 0 radical (unpaired) electrons. The molecule has 0 saturated heterocycles. The summed E-state index contributed by atoms with van der Waals surface area (Å²) in [4.78, 5) is 11.2. The highest BCUT2D eigenvalue weighted by Crippen LogP contribution is 2.09. The predicted octanol–water partition coefficient (Wildman–Crippen LogP) is 3.05. The molecule has 1 N–H and O–H groups in total. The molecule has 112 valence electrons. The van der Waals surface area contributed by atoms with Gasteiger partial charge in [0.15, 0.2) is 5.96 Å². The number of pyridine rings is 1. The van der Waals surface area contributed by atoms with Crippen molar-refractivity contribution in [2.45, 2.75) is 26.9 Å². The second-order valence-corrected chi connectivity index (χ2v) is 5.70. The standard InChI is InChI=1S/C16H22N4S/c1-4-17-16(20(3)11-14-7-9-21-12-14)19-10-15-13(2)6-5-8-18-15/h5-9,12H,4,10-11H2,1-3H3,(H,17,19). The number of thiophene rings is 1. The van der Waals surface area contributed by atoms with Gasteiger partial charge in [-0.15, -0.1) is 0 Å². The summed E-state index contributed by atoms with van der Waals surface area (Å²) in [7, 11) is 2.06. The summed E-state index contributed by atoms with van der Waals surface area (Å²) in [6.45, 7) is 6.47. The van der Waals surface area contributed by atoms with Crippen LogP contribution < -0.4 is 5.32 Å². The van der Waals surface area contributed by atoms with Crippen molar-refractivity contribution in [3.8, 4) is 0 Å². The van der Waals surface area contributed by atoms with Crippen molar-refractivity contribution in [2.75, 3.05) is 13.6 Å². The van der Waals surface area contributed by atoms with E-state index in [1.165, 1.54) is 11.1 Å². The highest BCUT2D eigenvalue weighted by atomic mass is 32.1. The van der Waals surface area contributed by atoms with Crippen LogP contribution in [0.3, 0.4) is 0 Å². The van der Waals surface area contributed by atoms with Gasteiger partial charge in [0.1, 0.15) is 0 Å². The monoisotopic (exact) mass is 302 g/mol. The van der Waals surface area contributed by atoms with Gasteiger partial charge in [-0.1, -0.05) is 6.07 Å². The number of aliphatic imine (C=N–C) groups is 1. The third-order valence-electron chi connectivity index (χ3n) is 3.19. The number of nitrogens with zero attached hydrogens (tertiary/aromatic N) is 3. The molecule has 2 aromatic rings. The zero-order valence-corrected chi connectivity index (χ0v) is 13.7. The highest BCUT2D eigenvalue weighted by Gasteiger charge is 2.07. The highest BCUT2D eigenvalue weighted by molar-refractivity contribution is 7.07.